The lowest BCUT2D eigenvalue weighted by Crippen LogP contribution is -2.41. The molecule has 1 amide bonds. The first-order chi connectivity index (χ1) is 11.7. The van der Waals surface area contributed by atoms with E-state index < -0.39 is 0 Å². The van der Waals surface area contributed by atoms with Crippen molar-refractivity contribution in [2.75, 3.05) is 10.2 Å². The Kier molecular flexibility index (Phi) is 2.84. The molecule has 2 aromatic rings. The van der Waals surface area contributed by atoms with E-state index in [1.165, 1.54) is 12.8 Å². The van der Waals surface area contributed by atoms with E-state index in [2.05, 4.69) is 16.5 Å². The number of carbonyl (C=O) groups excluding carboxylic acids is 1. The van der Waals surface area contributed by atoms with Crippen LogP contribution in [0.5, 0.6) is 0 Å². The van der Waals surface area contributed by atoms with Crippen LogP contribution in [0.3, 0.4) is 0 Å². The highest BCUT2D eigenvalue weighted by molar-refractivity contribution is 6.01. The van der Waals surface area contributed by atoms with Gasteiger partial charge in [0.1, 0.15) is 5.82 Å². The first-order valence-electron chi connectivity index (χ1n) is 8.85. The van der Waals surface area contributed by atoms with Gasteiger partial charge in [-0.1, -0.05) is 12.1 Å². The van der Waals surface area contributed by atoms with Gasteiger partial charge in [0, 0.05) is 12.6 Å². The maximum Gasteiger partial charge on any atom is 0.233 e. The highest BCUT2D eigenvalue weighted by Crippen LogP contribution is 2.55. The van der Waals surface area contributed by atoms with E-state index in [0.717, 1.165) is 47.9 Å². The van der Waals surface area contributed by atoms with Crippen molar-refractivity contribution in [3.63, 3.8) is 0 Å². The van der Waals surface area contributed by atoms with Crippen molar-refractivity contribution in [1.29, 1.82) is 0 Å². The molecule has 1 aliphatic heterocycles. The number of benzene rings is 1. The van der Waals surface area contributed by atoms with Gasteiger partial charge in [-0.15, -0.1) is 0 Å². The first kappa shape index (κ1) is 14.1. The number of fused-ring (bicyclic) bond motifs is 4. The predicted molar refractivity (Wildman–Crippen MR) is 93.1 cm³/mol. The third-order valence-corrected chi connectivity index (χ3v) is 6.23. The lowest BCUT2D eigenvalue weighted by molar-refractivity contribution is -0.128. The summed E-state index contributed by atoms with van der Waals surface area (Å²) in [5, 5.41) is 7.84. The highest BCUT2D eigenvalue weighted by Gasteiger charge is 2.52. The van der Waals surface area contributed by atoms with Crippen molar-refractivity contribution in [2.24, 2.45) is 18.4 Å². The molecule has 0 unspecified atom stereocenters. The zero-order valence-electron chi connectivity index (χ0n) is 14.0. The summed E-state index contributed by atoms with van der Waals surface area (Å²) in [6.45, 7) is 0.596. The van der Waals surface area contributed by atoms with Gasteiger partial charge in [0.05, 0.1) is 29.5 Å². The van der Waals surface area contributed by atoms with Gasteiger partial charge in [-0.25, -0.2) is 0 Å². The van der Waals surface area contributed by atoms with Crippen LogP contribution in [0.15, 0.2) is 30.5 Å². The van der Waals surface area contributed by atoms with Crippen LogP contribution in [0.25, 0.3) is 0 Å². The number of nitrogens with zero attached hydrogens (tertiary/aromatic N) is 3. The van der Waals surface area contributed by atoms with Crippen LogP contribution in [0, 0.1) is 11.3 Å². The van der Waals surface area contributed by atoms with Crippen LogP contribution in [-0.2, 0) is 18.4 Å². The molecular formula is C19H22N4O. The Labute approximate surface area is 141 Å². The summed E-state index contributed by atoms with van der Waals surface area (Å²) in [6.07, 6.45) is 7.51. The Morgan fingerprint density at radius 2 is 2.08 bits per heavy atom. The number of hydrogen-bond acceptors (Lipinski definition) is 3. The van der Waals surface area contributed by atoms with Crippen molar-refractivity contribution in [2.45, 2.75) is 38.6 Å². The molecular weight excluding hydrogens is 300 g/mol. The minimum atomic E-state index is -0.121. The monoisotopic (exact) mass is 322 g/mol. The molecule has 5 nitrogen and oxygen atoms in total. The quantitative estimate of drug-likeness (QED) is 0.873. The van der Waals surface area contributed by atoms with Crippen molar-refractivity contribution in [3.05, 3.63) is 36.0 Å². The lowest BCUT2D eigenvalue weighted by atomic mass is 9.82. The summed E-state index contributed by atoms with van der Waals surface area (Å²) >= 11 is 0. The molecule has 0 spiro atoms. The van der Waals surface area contributed by atoms with Gasteiger partial charge < -0.3 is 10.2 Å². The van der Waals surface area contributed by atoms with Crippen molar-refractivity contribution in [3.8, 4) is 0 Å². The molecule has 5 rings (SSSR count). The minimum absolute atomic E-state index is 0.121. The molecule has 0 radical (unpaired) electrons. The number of rotatable bonds is 1. The topological polar surface area (TPSA) is 50.2 Å². The number of hydrogen-bond donors (Lipinski definition) is 1. The molecule has 0 atom stereocenters. The van der Waals surface area contributed by atoms with E-state index in [1.54, 1.807) is 0 Å². The van der Waals surface area contributed by atoms with Crippen LogP contribution in [0.2, 0.25) is 0 Å². The number of carbonyl (C=O) groups is 1. The van der Waals surface area contributed by atoms with Crippen LogP contribution in [-0.4, -0.2) is 15.7 Å². The predicted octanol–water partition coefficient (Wildman–Crippen LogP) is 3.59. The zero-order valence-corrected chi connectivity index (χ0v) is 14.0. The van der Waals surface area contributed by atoms with Crippen LogP contribution in [0.1, 0.15) is 37.7 Å². The Morgan fingerprint density at radius 3 is 2.83 bits per heavy atom. The summed E-state index contributed by atoms with van der Waals surface area (Å²) in [7, 11) is 1.93. The standard InChI is InChI=1S/C19H22N4O/c1-22-17-14(11-20-22)12-23(16-5-3-2-4-15(16)21-17)18(24)19-8-6-13(10-19)7-9-19/h2-5,11,13,21H,6-10,12H2,1H3. The van der Waals surface area contributed by atoms with Gasteiger partial charge in [-0.3, -0.25) is 9.48 Å². The molecule has 2 saturated carbocycles. The Morgan fingerprint density at radius 1 is 1.29 bits per heavy atom. The lowest BCUT2D eigenvalue weighted by Gasteiger charge is -2.33. The van der Waals surface area contributed by atoms with Gasteiger partial charge in [-0.05, 0) is 50.2 Å². The molecule has 3 aliphatic rings. The smallest absolute Gasteiger partial charge is 0.233 e. The van der Waals surface area contributed by atoms with Crippen LogP contribution < -0.4 is 10.2 Å². The van der Waals surface area contributed by atoms with Gasteiger partial charge in [0.15, 0.2) is 0 Å². The van der Waals surface area contributed by atoms with E-state index in [4.69, 9.17) is 0 Å². The van der Waals surface area contributed by atoms with Gasteiger partial charge in [0.25, 0.3) is 0 Å². The summed E-state index contributed by atoms with van der Waals surface area (Å²) in [5.74, 6) is 2.06. The molecule has 24 heavy (non-hydrogen) atoms. The van der Waals surface area contributed by atoms with Crippen molar-refractivity contribution in [1.82, 2.24) is 9.78 Å². The number of para-hydroxylation sites is 2. The second kappa shape index (κ2) is 4.85. The number of aryl methyl sites for hydroxylation is 1. The molecule has 1 aromatic carbocycles. The minimum Gasteiger partial charge on any atom is -0.338 e. The third-order valence-electron chi connectivity index (χ3n) is 6.23. The summed E-state index contributed by atoms with van der Waals surface area (Å²) < 4.78 is 1.85. The fourth-order valence-corrected chi connectivity index (χ4v) is 4.92. The van der Waals surface area contributed by atoms with Crippen LogP contribution >= 0.6 is 0 Å². The molecule has 0 saturated heterocycles. The van der Waals surface area contributed by atoms with E-state index in [0.29, 0.717) is 12.5 Å². The fourth-order valence-electron chi connectivity index (χ4n) is 4.92. The molecule has 2 heterocycles. The number of amides is 1. The maximum absolute atomic E-state index is 13.6. The molecule has 1 N–H and O–H groups in total. The van der Waals surface area contributed by atoms with E-state index >= 15 is 0 Å². The summed E-state index contributed by atoms with van der Waals surface area (Å²) in [5.41, 5.74) is 2.93. The second-order valence-electron chi connectivity index (χ2n) is 7.60. The maximum atomic E-state index is 13.6. The van der Waals surface area contributed by atoms with E-state index in [-0.39, 0.29) is 5.41 Å². The number of anilines is 3. The average molecular weight is 322 g/mol. The SMILES string of the molecule is Cn1ncc2c1Nc1ccccc1N(C(=O)C13CCC(CC1)C3)C2. The van der Waals surface area contributed by atoms with Gasteiger partial charge in [0.2, 0.25) is 5.91 Å². The van der Waals surface area contributed by atoms with Gasteiger partial charge >= 0.3 is 0 Å². The summed E-state index contributed by atoms with van der Waals surface area (Å²) in [6, 6.07) is 8.12. The fraction of sp³-hybridized carbons (Fsp3) is 0.474. The molecule has 124 valence electrons. The van der Waals surface area contributed by atoms with Crippen molar-refractivity contribution < 1.29 is 4.79 Å². The van der Waals surface area contributed by atoms with Gasteiger partial charge in [-0.2, -0.15) is 5.10 Å². The highest BCUT2D eigenvalue weighted by atomic mass is 16.2. The van der Waals surface area contributed by atoms with Crippen molar-refractivity contribution >= 4 is 23.1 Å². The Balaban J connectivity index is 1.61. The molecule has 2 bridgehead atoms. The number of aromatic nitrogens is 2. The first-order valence-corrected chi connectivity index (χ1v) is 8.85. The molecule has 5 heteroatoms. The normalized spacial score (nSPS) is 27.4. The molecule has 2 aliphatic carbocycles. The second-order valence-corrected chi connectivity index (χ2v) is 7.60. The Bertz CT molecular complexity index is 817. The van der Waals surface area contributed by atoms with E-state index in [1.807, 2.05) is 41.0 Å². The molecule has 1 aromatic heterocycles. The average Bonchev–Trinajstić information content (AvgIpc) is 3.27. The third kappa shape index (κ3) is 1.87. The zero-order chi connectivity index (χ0) is 16.3. The Hall–Kier alpha value is -2.30. The van der Waals surface area contributed by atoms with E-state index in [9.17, 15) is 4.79 Å². The summed E-state index contributed by atoms with van der Waals surface area (Å²) in [4.78, 5) is 15.6. The largest absolute Gasteiger partial charge is 0.338 e. The van der Waals surface area contributed by atoms with Crippen LogP contribution in [0.4, 0.5) is 17.2 Å². The molecule has 2 fully saturated rings. The number of nitrogens with one attached hydrogen (secondary N) is 1.